The zero-order valence-corrected chi connectivity index (χ0v) is 12.7. The number of methoxy groups -OCH3 is 1. The quantitative estimate of drug-likeness (QED) is 0.850. The Morgan fingerprint density at radius 2 is 1.89 bits per heavy atom. The van der Waals surface area contributed by atoms with E-state index in [0.29, 0.717) is 6.42 Å². The second-order valence-corrected chi connectivity index (χ2v) is 6.50. The number of hydrogen-bond acceptors (Lipinski definition) is 3. The van der Waals surface area contributed by atoms with Crippen LogP contribution in [0.5, 0.6) is 0 Å². The van der Waals surface area contributed by atoms with Crippen LogP contribution in [-0.4, -0.2) is 17.1 Å². The molecule has 0 radical (unpaired) electrons. The summed E-state index contributed by atoms with van der Waals surface area (Å²) in [5.41, 5.74) is 1.17. The largest absolute Gasteiger partial charge is 0.466 e. The topological polar surface area (TPSA) is 35.5 Å². The predicted molar refractivity (Wildman–Crippen MR) is 76.0 cm³/mol. The van der Waals surface area contributed by atoms with Crippen molar-refractivity contribution < 1.29 is 13.7 Å². The lowest BCUT2D eigenvalue weighted by molar-refractivity contribution is -0.195. The number of ether oxygens (including phenoxy) is 2. The summed E-state index contributed by atoms with van der Waals surface area (Å²) >= 11 is 0. The van der Waals surface area contributed by atoms with E-state index in [4.69, 9.17) is 9.47 Å². The molecule has 1 unspecified atom stereocenters. The van der Waals surface area contributed by atoms with Gasteiger partial charge in [0.25, 0.3) is 0 Å². The molecule has 1 aliphatic rings. The highest BCUT2D eigenvalue weighted by atomic mass is 32.2. The Kier molecular flexibility index (Phi) is 4.11. The standard InChI is InChI=1S/C15H20O3S/c1-11-5-7-13(8-6-11)19(16)14-9-10-15(3,17-4)18-12(14)2/h5-8H,9-10H2,1-4H3/t15-,19?/m1/s1. The van der Waals surface area contributed by atoms with Gasteiger partial charge >= 0.3 is 0 Å². The van der Waals surface area contributed by atoms with Gasteiger partial charge in [-0.3, -0.25) is 0 Å². The van der Waals surface area contributed by atoms with Crippen molar-refractivity contribution in [2.45, 2.75) is 44.3 Å². The van der Waals surface area contributed by atoms with E-state index in [2.05, 4.69) is 0 Å². The second-order valence-electron chi connectivity index (χ2n) is 5.00. The van der Waals surface area contributed by atoms with Gasteiger partial charge < -0.3 is 9.47 Å². The highest BCUT2D eigenvalue weighted by Gasteiger charge is 2.33. The van der Waals surface area contributed by atoms with Gasteiger partial charge in [-0.2, -0.15) is 0 Å². The maximum Gasteiger partial charge on any atom is 0.207 e. The molecule has 104 valence electrons. The summed E-state index contributed by atoms with van der Waals surface area (Å²) in [4.78, 5) is 1.68. The van der Waals surface area contributed by atoms with Gasteiger partial charge in [0.15, 0.2) is 0 Å². The minimum atomic E-state index is -1.14. The first-order chi connectivity index (χ1) is 8.95. The van der Waals surface area contributed by atoms with Crippen molar-refractivity contribution in [2.24, 2.45) is 0 Å². The lowest BCUT2D eigenvalue weighted by Crippen LogP contribution is -2.34. The maximum absolute atomic E-state index is 12.6. The van der Waals surface area contributed by atoms with Crippen LogP contribution in [0, 0.1) is 6.92 Å². The zero-order valence-electron chi connectivity index (χ0n) is 11.9. The summed E-state index contributed by atoms with van der Waals surface area (Å²) in [5, 5.41) is 0. The van der Waals surface area contributed by atoms with Crippen LogP contribution < -0.4 is 0 Å². The number of rotatable bonds is 3. The first-order valence-electron chi connectivity index (χ1n) is 6.37. The Morgan fingerprint density at radius 3 is 2.42 bits per heavy atom. The Hall–Kier alpha value is -1.13. The van der Waals surface area contributed by atoms with Crippen LogP contribution in [0.3, 0.4) is 0 Å². The van der Waals surface area contributed by atoms with Crippen molar-refractivity contribution in [3.63, 3.8) is 0 Å². The van der Waals surface area contributed by atoms with Crippen molar-refractivity contribution >= 4 is 10.8 Å². The third-order valence-electron chi connectivity index (χ3n) is 3.46. The van der Waals surface area contributed by atoms with E-state index in [-0.39, 0.29) is 0 Å². The summed E-state index contributed by atoms with van der Waals surface area (Å²) < 4.78 is 23.7. The van der Waals surface area contributed by atoms with Crippen molar-refractivity contribution in [3.05, 3.63) is 40.5 Å². The second kappa shape index (κ2) is 5.47. The third-order valence-corrected chi connectivity index (χ3v) is 5.10. The van der Waals surface area contributed by atoms with Crippen molar-refractivity contribution in [3.8, 4) is 0 Å². The Bertz CT molecular complexity index is 519. The Morgan fingerprint density at radius 1 is 1.26 bits per heavy atom. The van der Waals surface area contributed by atoms with Gasteiger partial charge in [-0.15, -0.1) is 0 Å². The van der Waals surface area contributed by atoms with E-state index in [1.807, 2.05) is 45.0 Å². The molecule has 3 nitrogen and oxygen atoms in total. The zero-order chi connectivity index (χ0) is 14.0. The minimum Gasteiger partial charge on any atom is -0.466 e. The Balaban J connectivity index is 2.25. The van der Waals surface area contributed by atoms with Gasteiger partial charge in [0, 0.05) is 25.3 Å². The van der Waals surface area contributed by atoms with Gasteiger partial charge in [0.1, 0.15) is 5.76 Å². The molecule has 0 amide bonds. The fraction of sp³-hybridized carbons (Fsp3) is 0.467. The summed E-state index contributed by atoms with van der Waals surface area (Å²) in [6.07, 6.45) is 1.45. The van der Waals surface area contributed by atoms with Crippen molar-refractivity contribution in [1.29, 1.82) is 0 Å². The summed E-state index contributed by atoms with van der Waals surface area (Å²) in [5.74, 6) is 0.125. The van der Waals surface area contributed by atoms with Crippen molar-refractivity contribution in [2.75, 3.05) is 7.11 Å². The number of aryl methyl sites for hydroxylation is 1. The van der Waals surface area contributed by atoms with E-state index in [1.165, 1.54) is 5.56 Å². The van der Waals surface area contributed by atoms with E-state index in [9.17, 15) is 4.21 Å². The van der Waals surface area contributed by atoms with Crippen LogP contribution in [0.2, 0.25) is 0 Å². The molecule has 1 aliphatic heterocycles. The molecule has 0 saturated carbocycles. The van der Waals surface area contributed by atoms with Gasteiger partial charge in [0.2, 0.25) is 5.79 Å². The molecule has 0 spiro atoms. The first kappa shape index (κ1) is 14.3. The molecule has 0 saturated heterocycles. The lowest BCUT2D eigenvalue weighted by atomic mass is 10.1. The third kappa shape index (κ3) is 3.07. The van der Waals surface area contributed by atoms with E-state index < -0.39 is 16.6 Å². The van der Waals surface area contributed by atoms with Crippen LogP contribution >= 0.6 is 0 Å². The van der Waals surface area contributed by atoms with Gasteiger partial charge in [-0.05, 0) is 32.4 Å². The smallest absolute Gasteiger partial charge is 0.207 e. The van der Waals surface area contributed by atoms with Crippen LogP contribution in [0.15, 0.2) is 39.8 Å². The van der Waals surface area contributed by atoms with Crippen LogP contribution in [0.25, 0.3) is 0 Å². The fourth-order valence-corrected chi connectivity index (χ4v) is 3.38. The Labute approximate surface area is 117 Å². The van der Waals surface area contributed by atoms with Crippen LogP contribution in [0.1, 0.15) is 32.3 Å². The molecule has 1 heterocycles. The van der Waals surface area contributed by atoms with E-state index >= 15 is 0 Å². The molecule has 0 aliphatic carbocycles. The van der Waals surface area contributed by atoms with Gasteiger partial charge in [0.05, 0.1) is 15.7 Å². The number of benzene rings is 1. The molecular weight excluding hydrogens is 260 g/mol. The molecule has 0 bridgehead atoms. The molecule has 4 heteroatoms. The molecule has 2 rings (SSSR count). The molecular formula is C15H20O3S. The average Bonchev–Trinajstić information content (AvgIpc) is 2.39. The van der Waals surface area contributed by atoms with Crippen LogP contribution in [0.4, 0.5) is 0 Å². The molecule has 0 aromatic heterocycles. The van der Waals surface area contributed by atoms with Crippen molar-refractivity contribution in [1.82, 2.24) is 0 Å². The molecule has 0 N–H and O–H groups in total. The predicted octanol–water partition coefficient (Wildman–Crippen LogP) is 3.51. The normalized spacial score (nSPS) is 25.1. The van der Waals surface area contributed by atoms with Gasteiger partial charge in [-0.1, -0.05) is 17.7 Å². The fourth-order valence-electron chi connectivity index (χ4n) is 2.12. The minimum absolute atomic E-state index is 0.592. The molecule has 19 heavy (non-hydrogen) atoms. The SMILES string of the molecule is CO[C@@]1(C)CCC(S(=O)c2ccc(C)cc2)=C(C)O1. The highest BCUT2D eigenvalue weighted by Crippen LogP contribution is 2.35. The number of hydrogen-bond donors (Lipinski definition) is 0. The average molecular weight is 280 g/mol. The van der Waals surface area contributed by atoms with Gasteiger partial charge in [-0.25, -0.2) is 4.21 Å². The monoisotopic (exact) mass is 280 g/mol. The lowest BCUT2D eigenvalue weighted by Gasteiger charge is -2.34. The number of allylic oxidation sites excluding steroid dienone is 2. The van der Waals surface area contributed by atoms with E-state index in [0.717, 1.165) is 22.0 Å². The maximum atomic E-state index is 12.6. The summed E-state index contributed by atoms with van der Waals surface area (Å²) in [7, 11) is 0.490. The van der Waals surface area contributed by atoms with E-state index in [1.54, 1.807) is 7.11 Å². The summed E-state index contributed by atoms with van der Waals surface area (Å²) in [6.45, 7) is 5.78. The molecule has 1 aromatic carbocycles. The highest BCUT2D eigenvalue weighted by molar-refractivity contribution is 7.89. The molecule has 2 atom stereocenters. The molecule has 1 aromatic rings. The summed E-state index contributed by atoms with van der Waals surface area (Å²) in [6, 6.07) is 7.78. The van der Waals surface area contributed by atoms with Crippen LogP contribution in [-0.2, 0) is 20.3 Å². The first-order valence-corrected chi connectivity index (χ1v) is 7.52. The molecule has 0 fully saturated rings.